The Morgan fingerprint density at radius 1 is 1.30 bits per heavy atom. The molecular weight excluding hydrogens is 398 g/mol. The van der Waals surface area contributed by atoms with Gasteiger partial charge in [0.2, 0.25) is 0 Å². The van der Waals surface area contributed by atoms with E-state index in [1.54, 1.807) is 9.80 Å². The zero-order valence-electron chi connectivity index (χ0n) is 16.5. The van der Waals surface area contributed by atoms with Crippen LogP contribution >= 0.6 is 0 Å². The summed E-state index contributed by atoms with van der Waals surface area (Å²) < 4.78 is 37.4. The van der Waals surface area contributed by atoms with Crippen molar-refractivity contribution in [1.82, 2.24) is 20.1 Å². The van der Waals surface area contributed by atoms with Crippen LogP contribution in [0.3, 0.4) is 0 Å². The molecule has 2 amide bonds. The molecule has 2 atom stereocenters. The number of ether oxygens (including phenoxy) is 1. The van der Waals surface area contributed by atoms with Gasteiger partial charge >= 0.3 is 0 Å². The van der Waals surface area contributed by atoms with E-state index in [0.717, 1.165) is 19.1 Å². The van der Waals surface area contributed by atoms with Crippen LogP contribution in [-0.2, 0) is 9.53 Å². The minimum atomic E-state index is -1.000. The van der Waals surface area contributed by atoms with Crippen molar-refractivity contribution < 1.29 is 27.7 Å². The van der Waals surface area contributed by atoms with Crippen LogP contribution in [0, 0.1) is 0 Å². The highest BCUT2D eigenvalue weighted by Crippen LogP contribution is 2.44. The highest BCUT2D eigenvalue weighted by Gasteiger charge is 2.58. The Balaban J connectivity index is 1.44. The molecule has 4 rings (SSSR count). The Morgan fingerprint density at radius 2 is 2.03 bits per heavy atom. The Labute approximate surface area is 171 Å². The topological polar surface area (TPSA) is 88.8 Å². The lowest BCUT2D eigenvalue weighted by atomic mass is 9.89. The minimum absolute atomic E-state index is 0.118. The van der Waals surface area contributed by atoms with Crippen molar-refractivity contribution in [2.75, 3.05) is 13.1 Å². The molecule has 4 heterocycles. The van der Waals surface area contributed by atoms with Gasteiger partial charge in [0.05, 0.1) is 11.9 Å². The van der Waals surface area contributed by atoms with E-state index in [0.29, 0.717) is 44.3 Å². The standard InChI is InChI=1S/C20H22F2N4O4/c1-12(9-14(22)10-13(2)21)16-3-4-17-26(16)19(28)20(29-17)5-7-25(8-6-20)18(27)15-11-23-30-24-15/h9-11,16-17H,1,3-8H2,2H3/b13-10+,14-9+/t16-,17+/m0/s1. The molecule has 3 aliphatic rings. The SMILES string of the molecule is C=C(/C=C(F)\C=C(/C)F)[C@@H]1CC[C@H]2OC3(CCN(C(=O)c4cnon4)CC3)C(=O)N21. The van der Waals surface area contributed by atoms with Crippen LogP contribution in [0.4, 0.5) is 8.78 Å². The Morgan fingerprint density at radius 3 is 2.67 bits per heavy atom. The molecule has 0 N–H and O–H groups in total. The fraction of sp³-hybridized carbons (Fsp3) is 0.500. The van der Waals surface area contributed by atoms with E-state index in [1.165, 1.54) is 6.20 Å². The maximum Gasteiger partial charge on any atom is 0.277 e. The van der Waals surface area contributed by atoms with E-state index >= 15 is 0 Å². The zero-order valence-corrected chi connectivity index (χ0v) is 16.5. The first-order chi connectivity index (χ1) is 14.3. The molecule has 3 saturated heterocycles. The number of carbonyl (C=O) groups is 2. The summed E-state index contributed by atoms with van der Waals surface area (Å²) in [5.41, 5.74) is -0.485. The third-order valence-electron chi connectivity index (χ3n) is 5.85. The Hall–Kier alpha value is -2.88. The van der Waals surface area contributed by atoms with E-state index in [2.05, 4.69) is 21.5 Å². The summed E-state index contributed by atoms with van der Waals surface area (Å²) in [5.74, 6) is -1.87. The smallest absolute Gasteiger partial charge is 0.277 e. The summed E-state index contributed by atoms with van der Waals surface area (Å²) in [7, 11) is 0. The average Bonchev–Trinajstić information content (AvgIpc) is 3.41. The molecule has 30 heavy (non-hydrogen) atoms. The molecular formula is C20H22F2N4O4. The average molecular weight is 420 g/mol. The molecule has 1 aromatic rings. The summed E-state index contributed by atoms with van der Waals surface area (Å²) in [6.45, 7) is 5.70. The first-order valence-corrected chi connectivity index (χ1v) is 9.78. The lowest BCUT2D eigenvalue weighted by Crippen LogP contribution is -2.52. The molecule has 8 nitrogen and oxygen atoms in total. The van der Waals surface area contributed by atoms with Gasteiger partial charge in [0.25, 0.3) is 11.8 Å². The van der Waals surface area contributed by atoms with Crippen molar-refractivity contribution in [3.63, 3.8) is 0 Å². The van der Waals surface area contributed by atoms with Crippen molar-refractivity contribution in [2.45, 2.75) is 50.5 Å². The van der Waals surface area contributed by atoms with Crippen LogP contribution in [-0.4, -0.2) is 62.9 Å². The van der Waals surface area contributed by atoms with E-state index in [4.69, 9.17) is 4.74 Å². The monoisotopic (exact) mass is 420 g/mol. The van der Waals surface area contributed by atoms with Crippen molar-refractivity contribution in [3.8, 4) is 0 Å². The van der Waals surface area contributed by atoms with Gasteiger partial charge in [0.15, 0.2) is 11.3 Å². The Kier molecular flexibility index (Phi) is 5.27. The van der Waals surface area contributed by atoms with Gasteiger partial charge in [0.1, 0.15) is 18.3 Å². The number of carbonyl (C=O) groups excluding carboxylic acids is 2. The van der Waals surface area contributed by atoms with Crippen LogP contribution in [0.15, 0.2) is 46.8 Å². The summed E-state index contributed by atoms with van der Waals surface area (Å²) in [4.78, 5) is 28.9. The number of hydrogen-bond donors (Lipinski definition) is 0. The Bertz CT molecular complexity index is 915. The molecule has 3 aliphatic heterocycles. The lowest BCUT2D eigenvalue weighted by molar-refractivity contribution is -0.142. The highest BCUT2D eigenvalue weighted by atomic mass is 19.1. The summed E-state index contributed by atoms with van der Waals surface area (Å²) in [5, 5.41) is 6.99. The second kappa shape index (κ2) is 7.75. The van der Waals surface area contributed by atoms with Gasteiger partial charge in [-0.05, 0) is 36.6 Å². The fourth-order valence-electron chi connectivity index (χ4n) is 4.41. The predicted octanol–water partition coefficient (Wildman–Crippen LogP) is 2.67. The van der Waals surface area contributed by atoms with Crippen molar-refractivity contribution in [2.24, 2.45) is 0 Å². The molecule has 10 heteroatoms. The maximum absolute atomic E-state index is 13.9. The van der Waals surface area contributed by atoms with Crippen molar-refractivity contribution >= 4 is 11.8 Å². The number of allylic oxidation sites excluding steroid dienone is 3. The van der Waals surface area contributed by atoms with Gasteiger partial charge in [-0.25, -0.2) is 13.4 Å². The molecule has 1 aromatic heterocycles. The molecule has 0 aliphatic carbocycles. The molecule has 160 valence electrons. The number of piperidine rings is 1. The van der Waals surface area contributed by atoms with Crippen LogP contribution in [0.2, 0.25) is 0 Å². The minimum Gasteiger partial charge on any atom is -0.342 e. The van der Waals surface area contributed by atoms with Gasteiger partial charge < -0.3 is 14.5 Å². The van der Waals surface area contributed by atoms with E-state index in [1.807, 2.05) is 0 Å². The van der Waals surface area contributed by atoms with Gasteiger partial charge in [-0.2, -0.15) is 0 Å². The third kappa shape index (κ3) is 3.55. The number of aromatic nitrogens is 2. The molecule has 0 bridgehead atoms. The van der Waals surface area contributed by atoms with Crippen molar-refractivity contribution in [3.05, 3.63) is 47.8 Å². The van der Waals surface area contributed by atoms with Gasteiger partial charge in [0, 0.05) is 32.0 Å². The quantitative estimate of drug-likeness (QED) is 0.696. The molecule has 0 aromatic carbocycles. The van der Waals surface area contributed by atoms with Crippen LogP contribution < -0.4 is 0 Å². The largest absolute Gasteiger partial charge is 0.342 e. The normalized spacial score (nSPS) is 26.4. The van der Waals surface area contributed by atoms with E-state index in [9.17, 15) is 18.4 Å². The number of hydrogen-bond acceptors (Lipinski definition) is 6. The fourth-order valence-corrected chi connectivity index (χ4v) is 4.41. The lowest BCUT2D eigenvalue weighted by Gasteiger charge is -2.37. The number of rotatable bonds is 4. The third-order valence-corrected chi connectivity index (χ3v) is 5.85. The number of halogens is 2. The number of fused-ring (bicyclic) bond motifs is 1. The predicted molar refractivity (Wildman–Crippen MR) is 100 cm³/mol. The number of amides is 2. The van der Waals surface area contributed by atoms with Gasteiger partial charge in [-0.15, -0.1) is 0 Å². The summed E-state index contributed by atoms with van der Waals surface area (Å²) in [6.07, 6.45) is 4.68. The van der Waals surface area contributed by atoms with Crippen molar-refractivity contribution in [1.29, 1.82) is 0 Å². The van der Waals surface area contributed by atoms with Crippen LogP contribution in [0.25, 0.3) is 0 Å². The summed E-state index contributed by atoms with van der Waals surface area (Å²) in [6, 6.07) is -0.401. The van der Waals surface area contributed by atoms with Crippen LogP contribution in [0.5, 0.6) is 0 Å². The zero-order chi connectivity index (χ0) is 21.5. The van der Waals surface area contributed by atoms with E-state index in [-0.39, 0.29) is 17.5 Å². The van der Waals surface area contributed by atoms with Crippen LogP contribution in [0.1, 0.15) is 43.1 Å². The number of likely N-dealkylation sites (tertiary alicyclic amines) is 1. The molecule has 3 fully saturated rings. The van der Waals surface area contributed by atoms with E-state index < -0.39 is 29.5 Å². The van der Waals surface area contributed by atoms with Gasteiger partial charge in [-0.1, -0.05) is 11.7 Å². The second-order valence-electron chi connectivity index (χ2n) is 7.79. The summed E-state index contributed by atoms with van der Waals surface area (Å²) >= 11 is 0. The molecule has 0 saturated carbocycles. The first kappa shape index (κ1) is 20.4. The van der Waals surface area contributed by atoms with Gasteiger partial charge in [-0.3, -0.25) is 9.59 Å². The highest BCUT2D eigenvalue weighted by molar-refractivity contribution is 5.93. The number of nitrogens with zero attached hydrogens (tertiary/aromatic N) is 4. The first-order valence-electron chi connectivity index (χ1n) is 9.78. The maximum atomic E-state index is 13.9. The molecule has 0 unspecified atom stereocenters. The second-order valence-corrected chi connectivity index (χ2v) is 7.79. The molecule has 0 radical (unpaired) electrons. The molecule has 1 spiro atoms.